The third kappa shape index (κ3) is 7.22. The zero-order valence-electron chi connectivity index (χ0n) is 21.7. The van der Waals surface area contributed by atoms with E-state index in [2.05, 4.69) is 26.2 Å². The molecule has 1 aliphatic carbocycles. The highest BCUT2D eigenvalue weighted by Crippen LogP contribution is 2.37. The second kappa shape index (κ2) is 12.4. The molecule has 1 aromatic heterocycles. The van der Waals surface area contributed by atoms with Gasteiger partial charge in [0.1, 0.15) is 11.7 Å². The van der Waals surface area contributed by atoms with E-state index >= 15 is 0 Å². The van der Waals surface area contributed by atoms with E-state index in [4.69, 9.17) is 0 Å². The minimum Gasteiger partial charge on any atom is -0.339 e. The molecular weight excluding hydrogens is 512 g/mol. The van der Waals surface area contributed by atoms with E-state index in [-0.39, 0.29) is 43.7 Å². The van der Waals surface area contributed by atoms with Crippen molar-refractivity contribution >= 4 is 23.4 Å². The van der Waals surface area contributed by atoms with E-state index in [1.165, 1.54) is 16.9 Å². The molecule has 13 heteroatoms. The Morgan fingerprint density at radius 2 is 1.79 bits per heavy atom. The lowest BCUT2D eigenvalue weighted by molar-refractivity contribution is -0.133. The van der Waals surface area contributed by atoms with Crippen molar-refractivity contribution in [2.24, 2.45) is 18.1 Å². The number of carbonyl (C=O) groups is 3. The number of aryl methyl sites for hydroxylation is 1. The summed E-state index contributed by atoms with van der Waals surface area (Å²) < 4.78 is 28.9. The number of nitrogens with one attached hydrogen (secondary N) is 3. The van der Waals surface area contributed by atoms with Crippen LogP contribution in [0.2, 0.25) is 0 Å². The zero-order chi connectivity index (χ0) is 28.0. The maximum absolute atomic E-state index is 13.8. The van der Waals surface area contributed by atoms with Gasteiger partial charge >= 0.3 is 0 Å². The number of alkyl halides is 2. The molecule has 2 aromatic rings. The number of benzene rings is 1. The van der Waals surface area contributed by atoms with Crippen LogP contribution in [0.15, 0.2) is 41.7 Å². The highest BCUT2D eigenvalue weighted by molar-refractivity contribution is 6.00. The number of nitrogens with zero attached hydrogens (tertiary/aromatic N) is 4. The van der Waals surface area contributed by atoms with Gasteiger partial charge in [0.25, 0.3) is 11.8 Å². The quantitative estimate of drug-likeness (QED) is 0.413. The van der Waals surface area contributed by atoms with Gasteiger partial charge in [0, 0.05) is 64.4 Å². The molecule has 2 atom stereocenters. The van der Waals surface area contributed by atoms with Gasteiger partial charge in [-0.2, -0.15) is 5.10 Å². The SMILES string of the molecule is Cn1nccc1C(=O)N[C@H](C(=O)Nc1ccc(C[C@@H](N=O)C(=O)N2CCNCC2)cc1)C1CCC(F)(F)CC1. The van der Waals surface area contributed by atoms with Crippen molar-refractivity contribution in [2.75, 3.05) is 31.5 Å². The molecule has 1 aliphatic heterocycles. The number of carbonyl (C=O) groups excluding carboxylic acids is 3. The Bertz CT molecular complexity index is 1170. The van der Waals surface area contributed by atoms with Gasteiger partial charge in [0.15, 0.2) is 6.04 Å². The van der Waals surface area contributed by atoms with Gasteiger partial charge in [-0.25, -0.2) is 8.78 Å². The molecule has 0 bridgehead atoms. The Hall–Kier alpha value is -3.74. The van der Waals surface area contributed by atoms with Crippen molar-refractivity contribution in [3.8, 4) is 0 Å². The fraction of sp³-hybridized carbons (Fsp3) is 0.538. The molecule has 3 N–H and O–H groups in total. The summed E-state index contributed by atoms with van der Waals surface area (Å²) in [5, 5.41) is 15.6. The smallest absolute Gasteiger partial charge is 0.270 e. The highest BCUT2D eigenvalue weighted by atomic mass is 19.3. The number of nitroso groups, excluding NO2 is 1. The lowest BCUT2D eigenvalue weighted by Gasteiger charge is -2.33. The monoisotopic (exact) mass is 545 g/mol. The van der Waals surface area contributed by atoms with Gasteiger partial charge in [-0.05, 0) is 42.5 Å². The van der Waals surface area contributed by atoms with E-state index < -0.39 is 35.7 Å². The van der Waals surface area contributed by atoms with Crippen molar-refractivity contribution in [3.05, 3.63) is 52.7 Å². The minimum atomic E-state index is -2.78. The molecule has 1 saturated heterocycles. The first-order chi connectivity index (χ1) is 18.7. The largest absolute Gasteiger partial charge is 0.339 e. The summed E-state index contributed by atoms with van der Waals surface area (Å²) in [6.45, 7) is 2.37. The minimum absolute atomic E-state index is 0.0941. The lowest BCUT2D eigenvalue weighted by atomic mass is 9.81. The predicted octanol–water partition coefficient (Wildman–Crippen LogP) is 2.09. The average molecular weight is 546 g/mol. The Morgan fingerprint density at radius 1 is 1.13 bits per heavy atom. The first-order valence-corrected chi connectivity index (χ1v) is 13.1. The third-order valence-electron chi connectivity index (χ3n) is 7.35. The van der Waals surface area contributed by atoms with Crippen molar-refractivity contribution in [1.29, 1.82) is 0 Å². The fourth-order valence-electron chi connectivity index (χ4n) is 5.04. The van der Waals surface area contributed by atoms with Gasteiger partial charge in [0.2, 0.25) is 11.8 Å². The van der Waals surface area contributed by atoms with Gasteiger partial charge in [-0.3, -0.25) is 19.1 Å². The summed E-state index contributed by atoms with van der Waals surface area (Å²) in [6, 6.07) is 6.06. The van der Waals surface area contributed by atoms with Crippen LogP contribution in [-0.4, -0.2) is 76.6 Å². The van der Waals surface area contributed by atoms with Crippen molar-refractivity contribution < 1.29 is 23.2 Å². The summed E-state index contributed by atoms with van der Waals surface area (Å²) in [5.74, 6) is -4.59. The maximum atomic E-state index is 13.8. The Morgan fingerprint density at radius 3 is 2.38 bits per heavy atom. The normalized spacial score (nSPS) is 19.1. The van der Waals surface area contributed by atoms with Crippen LogP contribution >= 0.6 is 0 Å². The maximum Gasteiger partial charge on any atom is 0.270 e. The molecule has 210 valence electrons. The standard InChI is InChI=1S/C26H33F2N7O4/c1-34-21(8-11-30-34)23(36)32-22(18-6-9-26(27,28)10-7-18)24(37)31-19-4-2-17(3-5-19)16-20(33-39)25(38)35-14-12-29-13-15-35/h2-5,8,11,18,20,22,29H,6-7,9-10,12-16H2,1H3,(H,31,37)(H,32,36)/t20-,22+/m1/s1. The summed E-state index contributed by atoms with van der Waals surface area (Å²) in [5.41, 5.74) is 1.36. The van der Waals surface area contributed by atoms with Crippen LogP contribution in [-0.2, 0) is 23.1 Å². The zero-order valence-corrected chi connectivity index (χ0v) is 21.7. The van der Waals surface area contributed by atoms with E-state index in [1.54, 1.807) is 36.2 Å². The van der Waals surface area contributed by atoms with Crippen LogP contribution in [0.5, 0.6) is 0 Å². The molecule has 2 heterocycles. The van der Waals surface area contributed by atoms with Gasteiger partial charge in [-0.1, -0.05) is 17.3 Å². The van der Waals surface area contributed by atoms with Crippen LogP contribution in [0.25, 0.3) is 0 Å². The number of hydrogen-bond acceptors (Lipinski definition) is 7. The van der Waals surface area contributed by atoms with Crippen LogP contribution in [0.1, 0.15) is 41.7 Å². The Kier molecular flexibility index (Phi) is 9.00. The van der Waals surface area contributed by atoms with Gasteiger partial charge in [-0.15, -0.1) is 4.91 Å². The molecule has 11 nitrogen and oxygen atoms in total. The molecule has 4 rings (SSSR count). The lowest BCUT2D eigenvalue weighted by Crippen LogP contribution is -2.50. The molecule has 2 aliphatic rings. The summed E-state index contributed by atoms with van der Waals surface area (Å²) in [6.07, 6.45) is 1.06. The molecule has 0 spiro atoms. The Balaban J connectivity index is 1.42. The third-order valence-corrected chi connectivity index (χ3v) is 7.35. The summed E-state index contributed by atoms with van der Waals surface area (Å²) in [4.78, 5) is 51.8. The van der Waals surface area contributed by atoms with Crippen molar-refractivity contribution in [1.82, 2.24) is 25.3 Å². The molecule has 3 amide bonds. The summed E-state index contributed by atoms with van der Waals surface area (Å²) in [7, 11) is 1.59. The number of halogens is 2. The van der Waals surface area contributed by atoms with Crippen molar-refractivity contribution in [3.63, 3.8) is 0 Å². The molecule has 39 heavy (non-hydrogen) atoms. The molecule has 0 unspecified atom stereocenters. The number of hydrogen-bond donors (Lipinski definition) is 3. The average Bonchev–Trinajstić information content (AvgIpc) is 3.37. The molecule has 0 radical (unpaired) electrons. The second-order valence-electron chi connectivity index (χ2n) is 10.1. The number of anilines is 1. The van der Waals surface area contributed by atoms with E-state index in [0.717, 1.165) is 0 Å². The van der Waals surface area contributed by atoms with Gasteiger partial charge in [0.05, 0.1) is 0 Å². The number of rotatable bonds is 9. The first-order valence-electron chi connectivity index (χ1n) is 13.1. The van der Waals surface area contributed by atoms with E-state index in [0.29, 0.717) is 37.4 Å². The van der Waals surface area contributed by atoms with Crippen LogP contribution < -0.4 is 16.0 Å². The van der Waals surface area contributed by atoms with E-state index in [9.17, 15) is 28.1 Å². The van der Waals surface area contributed by atoms with Crippen LogP contribution in [0, 0.1) is 10.8 Å². The number of amides is 3. The molecule has 1 saturated carbocycles. The van der Waals surface area contributed by atoms with Gasteiger partial charge < -0.3 is 20.9 Å². The van der Waals surface area contributed by atoms with E-state index in [1.807, 2.05) is 0 Å². The van der Waals surface area contributed by atoms with Crippen LogP contribution in [0.4, 0.5) is 14.5 Å². The number of aromatic nitrogens is 2. The molecule has 2 fully saturated rings. The second-order valence-corrected chi connectivity index (χ2v) is 10.1. The first kappa shape index (κ1) is 28.3. The Labute approximate surface area is 224 Å². The van der Waals surface area contributed by atoms with Crippen molar-refractivity contribution in [2.45, 2.75) is 50.1 Å². The number of piperazine rings is 1. The topological polar surface area (TPSA) is 138 Å². The highest BCUT2D eigenvalue weighted by Gasteiger charge is 2.40. The molecular formula is C26H33F2N7O4. The fourth-order valence-corrected chi connectivity index (χ4v) is 5.04. The predicted molar refractivity (Wildman–Crippen MR) is 139 cm³/mol. The van der Waals surface area contributed by atoms with Crippen LogP contribution in [0.3, 0.4) is 0 Å². The summed E-state index contributed by atoms with van der Waals surface area (Å²) >= 11 is 0. The molecule has 1 aromatic carbocycles.